The molecular formula is C9H15ClO2. The number of halogens is 1. The molecule has 0 aliphatic heterocycles. The van der Waals surface area contributed by atoms with Crippen LogP contribution in [0.5, 0.6) is 0 Å². The molecule has 0 rings (SSSR count). The van der Waals surface area contributed by atoms with Crippen molar-refractivity contribution in [1.29, 1.82) is 0 Å². The normalized spacial score (nSPS) is 12.9. The molecule has 0 unspecified atom stereocenters. The van der Waals surface area contributed by atoms with Gasteiger partial charge in [0.15, 0.2) is 0 Å². The lowest BCUT2D eigenvalue weighted by molar-refractivity contribution is -0.149. The van der Waals surface area contributed by atoms with Crippen LogP contribution in [-0.4, -0.2) is 17.5 Å². The molecule has 70 valence electrons. The molecule has 0 aromatic rings. The van der Waals surface area contributed by atoms with Crippen molar-refractivity contribution in [2.45, 2.75) is 33.3 Å². The summed E-state index contributed by atoms with van der Waals surface area (Å²) in [5, 5.41) is 0. The van der Waals surface area contributed by atoms with Crippen molar-refractivity contribution < 1.29 is 9.53 Å². The van der Waals surface area contributed by atoms with Crippen LogP contribution in [0.4, 0.5) is 0 Å². The van der Waals surface area contributed by atoms with E-state index in [4.69, 9.17) is 16.3 Å². The maximum atomic E-state index is 11.2. The van der Waals surface area contributed by atoms with E-state index < -0.39 is 5.60 Å². The number of esters is 1. The molecule has 0 spiro atoms. The van der Waals surface area contributed by atoms with E-state index in [2.05, 4.69) is 0 Å². The van der Waals surface area contributed by atoms with E-state index in [0.29, 0.717) is 11.5 Å². The van der Waals surface area contributed by atoms with E-state index in [9.17, 15) is 4.79 Å². The zero-order valence-corrected chi connectivity index (χ0v) is 8.73. The van der Waals surface area contributed by atoms with Crippen LogP contribution in [0.1, 0.15) is 27.7 Å². The lowest BCUT2D eigenvalue weighted by atomic mass is 10.2. The fourth-order valence-corrected chi connectivity index (χ4v) is 0.789. The Bertz CT molecular complexity index is 189. The van der Waals surface area contributed by atoms with Gasteiger partial charge in [-0.2, -0.15) is 0 Å². The number of hydrogen-bond donors (Lipinski definition) is 0. The summed E-state index contributed by atoms with van der Waals surface area (Å²) >= 11 is 5.43. The molecule has 0 aromatic carbocycles. The summed E-state index contributed by atoms with van der Waals surface area (Å²) in [6, 6.07) is 0. The van der Waals surface area contributed by atoms with Crippen LogP contribution < -0.4 is 0 Å². The highest BCUT2D eigenvalue weighted by atomic mass is 35.5. The zero-order valence-electron chi connectivity index (χ0n) is 7.98. The molecule has 0 aliphatic carbocycles. The van der Waals surface area contributed by atoms with Crippen LogP contribution in [0.15, 0.2) is 11.6 Å². The van der Waals surface area contributed by atoms with Crippen LogP contribution in [0.25, 0.3) is 0 Å². The molecule has 0 radical (unpaired) electrons. The summed E-state index contributed by atoms with van der Waals surface area (Å²) in [4.78, 5) is 11.2. The third-order valence-electron chi connectivity index (χ3n) is 1.10. The van der Waals surface area contributed by atoms with E-state index in [1.165, 1.54) is 0 Å². The summed E-state index contributed by atoms with van der Waals surface area (Å²) in [7, 11) is 0. The third kappa shape index (κ3) is 5.19. The Labute approximate surface area is 78.5 Å². The predicted molar refractivity (Wildman–Crippen MR) is 50.3 cm³/mol. The molecule has 12 heavy (non-hydrogen) atoms. The van der Waals surface area contributed by atoms with Gasteiger partial charge < -0.3 is 4.74 Å². The minimum absolute atomic E-state index is 0.303. The number of carbonyl (C=O) groups excluding carboxylic acids is 1. The van der Waals surface area contributed by atoms with E-state index in [0.717, 1.165) is 0 Å². The molecule has 2 nitrogen and oxygen atoms in total. The molecule has 0 aliphatic rings. The molecule has 0 amide bonds. The van der Waals surface area contributed by atoms with Gasteiger partial charge in [0.05, 0.1) is 0 Å². The number of rotatable bonds is 2. The van der Waals surface area contributed by atoms with Gasteiger partial charge in [-0.1, -0.05) is 6.08 Å². The van der Waals surface area contributed by atoms with Crippen LogP contribution in [0.2, 0.25) is 0 Å². The second-order valence-electron chi connectivity index (χ2n) is 3.54. The lowest BCUT2D eigenvalue weighted by Crippen LogP contribution is -2.24. The first-order chi connectivity index (χ1) is 5.37. The van der Waals surface area contributed by atoms with Crippen molar-refractivity contribution in [2.24, 2.45) is 0 Å². The van der Waals surface area contributed by atoms with Crippen LogP contribution in [-0.2, 0) is 9.53 Å². The van der Waals surface area contributed by atoms with Gasteiger partial charge in [-0.05, 0) is 27.7 Å². The van der Waals surface area contributed by atoms with Crippen molar-refractivity contribution in [3.8, 4) is 0 Å². The summed E-state index contributed by atoms with van der Waals surface area (Å²) < 4.78 is 5.09. The number of ether oxygens (including phenoxy) is 1. The lowest BCUT2D eigenvalue weighted by Gasteiger charge is -2.19. The van der Waals surface area contributed by atoms with Gasteiger partial charge >= 0.3 is 5.97 Å². The fraction of sp³-hybridized carbons (Fsp3) is 0.667. The van der Waals surface area contributed by atoms with Crippen LogP contribution >= 0.6 is 11.6 Å². The molecule has 0 atom stereocenters. The Morgan fingerprint density at radius 3 is 2.33 bits per heavy atom. The Morgan fingerprint density at radius 1 is 1.50 bits per heavy atom. The topological polar surface area (TPSA) is 26.3 Å². The Kier molecular flexibility index (Phi) is 4.32. The van der Waals surface area contributed by atoms with Gasteiger partial charge in [0.1, 0.15) is 5.60 Å². The van der Waals surface area contributed by atoms with E-state index in [1.807, 2.05) is 20.8 Å². The maximum Gasteiger partial charge on any atom is 0.333 e. The molecular weight excluding hydrogens is 176 g/mol. The second-order valence-corrected chi connectivity index (χ2v) is 3.85. The highest BCUT2D eigenvalue weighted by Crippen LogP contribution is 2.10. The SMILES string of the molecule is CC(=CCCl)C(=O)OC(C)(C)C. The quantitative estimate of drug-likeness (QED) is 0.380. The minimum atomic E-state index is -0.432. The van der Waals surface area contributed by atoms with E-state index in [-0.39, 0.29) is 5.97 Å². The van der Waals surface area contributed by atoms with E-state index in [1.54, 1.807) is 13.0 Å². The Hall–Kier alpha value is -0.500. The van der Waals surface area contributed by atoms with Crippen molar-refractivity contribution in [1.82, 2.24) is 0 Å². The summed E-state index contributed by atoms with van der Waals surface area (Å²) in [5.74, 6) is 0.0357. The Balaban J connectivity index is 4.15. The van der Waals surface area contributed by atoms with Crippen LogP contribution in [0.3, 0.4) is 0 Å². The van der Waals surface area contributed by atoms with Gasteiger partial charge in [0.2, 0.25) is 0 Å². The minimum Gasteiger partial charge on any atom is -0.457 e. The largest absolute Gasteiger partial charge is 0.457 e. The predicted octanol–water partition coefficient (Wildman–Crippen LogP) is 2.51. The highest BCUT2D eigenvalue weighted by Gasteiger charge is 2.16. The summed E-state index contributed by atoms with van der Waals surface area (Å²) in [6.45, 7) is 7.19. The highest BCUT2D eigenvalue weighted by molar-refractivity contribution is 6.19. The van der Waals surface area contributed by atoms with Crippen molar-refractivity contribution in [3.63, 3.8) is 0 Å². The van der Waals surface area contributed by atoms with Gasteiger partial charge in [-0.3, -0.25) is 0 Å². The van der Waals surface area contributed by atoms with Crippen molar-refractivity contribution in [3.05, 3.63) is 11.6 Å². The number of allylic oxidation sites excluding steroid dienone is 1. The van der Waals surface area contributed by atoms with E-state index >= 15 is 0 Å². The molecule has 0 saturated carbocycles. The van der Waals surface area contributed by atoms with Gasteiger partial charge in [0, 0.05) is 11.5 Å². The van der Waals surface area contributed by atoms with Crippen molar-refractivity contribution in [2.75, 3.05) is 5.88 Å². The summed E-state index contributed by atoms with van der Waals surface area (Å²) in [5.41, 5.74) is 0.123. The molecule has 0 fully saturated rings. The molecule has 0 saturated heterocycles. The second kappa shape index (κ2) is 4.51. The fourth-order valence-electron chi connectivity index (χ4n) is 0.558. The first-order valence-corrected chi connectivity index (χ1v) is 4.36. The third-order valence-corrected chi connectivity index (χ3v) is 1.26. The smallest absolute Gasteiger partial charge is 0.333 e. The monoisotopic (exact) mass is 190 g/mol. The average Bonchev–Trinajstić information content (AvgIpc) is 1.84. The molecule has 0 bridgehead atoms. The van der Waals surface area contributed by atoms with Gasteiger partial charge in [-0.25, -0.2) is 4.79 Å². The molecule has 3 heteroatoms. The first-order valence-electron chi connectivity index (χ1n) is 3.83. The van der Waals surface area contributed by atoms with Gasteiger partial charge in [0.25, 0.3) is 0 Å². The van der Waals surface area contributed by atoms with Crippen LogP contribution in [0, 0.1) is 0 Å². The summed E-state index contributed by atoms with van der Waals surface area (Å²) in [6.07, 6.45) is 1.63. The number of carbonyl (C=O) groups is 1. The molecule has 0 N–H and O–H groups in total. The average molecular weight is 191 g/mol. The zero-order chi connectivity index (χ0) is 9.78. The molecule has 0 aromatic heterocycles. The first kappa shape index (κ1) is 11.5. The number of hydrogen-bond acceptors (Lipinski definition) is 2. The standard InChI is InChI=1S/C9H15ClO2/c1-7(5-6-10)8(11)12-9(2,3)4/h5H,6H2,1-4H3. The Morgan fingerprint density at radius 2 is 2.00 bits per heavy atom. The number of alkyl halides is 1. The maximum absolute atomic E-state index is 11.2. The van der Waals surface area contributed by atoms with Gasteiger partial charge in [-0.15, -0.1) is 11.6 Å². The molecule has 0 heterocycles. The van der Waals surface area contributed by atoms with Crippen molar-refractivity contribution >= 4 is 17.6 Å².